The van der Waals surface area contributed by atoms with Gasteiger partial charge in [-0.05, 0) is 42.3 Å². The van der Waals surface area contributed by atoms with Crippen molar-refractivity contribution < 1.29 is 9.50 Å². The Morgan fingerprint density at radius 2 is 1.94 bits per heavy atom. The maximum absolute atomic E-state index is 13.2. The van der Waals surface area contributed by atoms with Crippen LogP contribution in [0.3, 0.4) is 0 Å². The highest BCUT2D eigenvalue weighted by atomic mass is 79.9. The van der Waals surface area contributed by atoms with Gasteiger partial charge in [-0.15, -0.1) is 0 Å². The molecule has 0 radical (unpaired) electrons. The number of rotatable bonds is 2. The van der Waals surface area contributed by atoms with Crippen molar-refractivity contribution in [2.24, 2.45) is 0 Å². The first kappa shape index (κ1) is 13.5. The second-order valence-corrected chi connectivity index (χ2v) is 5.34. The van der Waals surface area contributed by atoms with E-state index < -0.39 is 6.10 Å². The number of benzene rings is 2. The van der Waals surface area contributed by atoms with Gasteiger partial charge in [0.05, 0.1) is 0 Å². The van der Waals surface area contributed by atoms with E-state index in [-0.39, 0.29) is 5.82 Å². The molecule has 0 aliphatic carbocycles. The third-order valence-electron chi connectivity index (χ3n) is 2.76. The van der Waals surface area contributed by atoms with Gasteiger partial charge in [-0.2, -0.15) is 0 Å². The Morgan fingerprint density at radius 3 is 2.61 bits per heavy atom. The molecular formula is C14H11BrClFO. The largest absolute Gasteiger partial charge is 0.384 e. The van der Waals surface area contributed by atoms with E-state index in [1.165, 1.54) is 12.1 Å². The molecule has 0 fully saturated rings. The summed E-state index contributed by atoms with van der Waals surface area (Å²) in [7, 11) is 0. The molecule has 4 heteroatoms. The second kappa shape index (κ2) is 5.39. The van der Waals surface area contributed by atoms with Crippen LogP contribution >= 0.6 is 27.5 Å². The third kappa shape index (κ3) is 2.74. The fourth-order valence-electron chi connectivity index (χ4n) is 1.68. The number of aliphatic hydroxyl groups excluding tert-OH is 1. The van der Waals surface area contributed by atoms with E-state index in [9.17, 15) is 9.50 Å². The van der Waals surface area contributed by atoms with Crippen molar-refractivity contribution in [3.8, 4) is 0 Å². The maximum Gasteiger partial charge on any atom is 0.123 e. The summed E-state index contributed by atoms with van der Waals surface area (Å²) >= 11 is 9.32. The van der Waals surface area contributed by atoms with Crippen LogP contribution in [-0.4, -0.2) is 5.11 Å². The Labute approximate surface area is 118 Å². The third-order valence-corrected chi connectivity index (χ3v) is 3.89. The van der Waals surface area contributed by atoms with Crippen molar-refractivity contribution in [3.05, 3.63) is 68.4 Å². The summed E-state index contributed by atoms with van der Waals surface area (Å²) in [4.78, 5) is 0. The number of hydrogen-bond acceptors (Lipinski definition) is 1. The molecule has 2 rings (SSSR count). The first-order valence-electron chi connectivity index (χ1n) is 5.38. The number of aryl methyl sites for hydroxylation is 1. The normalized spacial score (nSPS) is 12.5. The Bertz CT molecular complexity index is 586. The van der Waals surface area contributed by atoms with E-state index in [0.29, 0.717) is 20.6 Å². The van der Waals surface area contributed by atoms with Crippen LogP contribution in [-0.2, 0) is 0 Å². The van der Waals surface area contributed by atoms with Gasteiger partial charge in [-0.25, -0.2) is 4.39 Å². The topological polar surface area (TPSA) is 20.2 Å². The van der Waals surface area contributed by atoms with Crippen molar-refractivity contribution in [2.45, 2.75) is 13.0 Å². The minimum absolute atomic E-state index is 0.384. The van der Waals surface area contributed by atoms with Crippen LogP contribution in [0.15, 0.2) is 40.9 Å². The number of halogens is 3. The molecule has 1 atom stereocenters. The van der Waals surface area contributed by atoms with E-state index in [2.05, 4.69) is 15.9 Å². The van der Waals surface area contributed by atoms with Gasteiger partial charge in [-0.3, -0.25) is 0 Å². The summed E-state index contributed by atoms with van der Waals surface area (Å²) in [5.41, 5.74) is 2.05. The summed E-state index contributed by atoms with van der Waals surface area (Å²) < 4.78 is 13.9. The molecule has 0 saturated heterocycles. The molecule has 0 aliphatic heterocycles. The molecular weight excluding hydrogens is 319 g/mol. The van der Waals surface area contributed by atoms with E-state index in [0.717, 1.165) is 5.56 Å². The minimum atomic E-state index is -0.909. The molecule has 1 N–H and O–H groups in total. The molecule has 0 bridgehead atoms. The van der Waals surface area contributed by atoms with Crippen LogP contribution in [0, 0.1) is 12.7 Å². The number of hydrogen-bond donors (Lipinski definition) is 1. The standard InChI is InChI=1S/C14H11BrClFO/c1-8-2-3-9(6-13(8)16)14(18)11-7-10(17)4-5-12(11)15/h2-7,14,18H,1H3. The van der Waals surface area contributed by atoms with Crippen LogP contribution in [0.1, 0.15) is 22.8 Å². The van der Waals surface area contributed by atoms with Crippen molar-refractivity contribution in [3.63, 3.8) is 0 Å². The van der Waals surface area contributed by atoms with Gasteiger partial charge in [0.2, 0.25) is 0 Å². The SMILES string of the molecule is Cc1ccc(C(O)c2cc(F)ccc2Br)cc1Cl. The first-order chi connectivity index (χ1) is 8.49. The Hall–Kier alpha value is -0.900. The van der Waals surface area contributed by atoms with Crippen LogP contribution in [0.5, 0.6) is 0 Å². The molecule has 0 amide bonds. The van der Waals surface area contributed by atoms with Crippen molar-refractivity contribution in [1.29, 1.82) is 0 Å². The van der Waals surface area contributed by atoms with Crippen LogP contribution < -0.4 is 0 Å². The van der Waals surface area contributed by atoms with E-state index in [1.807, 2.05) is 13.0 Å². The summed E-state index contributed by atoms with van der Waals surface area (Å²) in [6.45, 7) is 1.89. The minimum Gasteiger partial charge on any atom is -0.384 e. The smallest absolute Gasteiger partial charge is 0.123 e. The lowest BCUT2D eigenvalue weighted by Gasteiger charge is -2.14. The van der Waals surface area contributed by atoms with Gasteiger partial charge in [0.25, 0.3) is 0 Å². The average molecular weight is 330 g/mol. The Kier molecular flexibility index (Phi) is 4.05. The van der Waals surface area contributed by atoms with E-state index >= 15 is 0 Å². The molecule has 1 nitrogen and oxygen atoms in total. The zero-order valence-corrected chi connectivity index (χ0v) is 12.0. The first-order valence-corrected chi connectivity index (χ1v) is 6.55. The molecule has 0 spiro atoms. The van der Waals surface area contributed by atoms with Crippen molar-refractivity contribution >= 4 is 27.5 Å². The highest BCUT2D eigenvalue weighted by Gasteiger charge is 2.15. The van der Waals surface area contributed by atoms with Gasteiger partial charge < -0.3 is 5.11 Å². The predicted octanol–water partition coefficient (Wildman–Crippen LogP) is 4.63. The Morgan fingerprint density at radius 1 is 1.22 bits per heavy atom. The van der Waals surface area contributed by atoms with Gasteiger partial charge in [0, 0.05) is 15.1 Å². The van der Waals surface area contributed by atoms with Crippen molar-refractivity contribution in [1.82, 2.24) is 0 Å². The molecule has 94 valence electrons. The van der Waals surface area contributed by atoms with Gasteiger partial charge in [0.1, 0.15) is 11.9 Å². The van der Waals surface area contributed by atoms with E-state index in [4.69, 9.17) is 11.6 Å². The van der Waals surface area contributed by atoms with Crippen molar-refractivity contribution in [2.75, 3.05) is 0 Å². The summed E-state index contributed by atoms with van der Waals surface area (Å²) in [5.74, 6) is -0.384. The van der Waals surface area contributed by atoms with Crippen LogP contribution in [0.4, 0.5) is 4.39 Å². The molecule has 0 heterocycles. The summed E-state index contributed by atoms with van der Waals surface area (Å²) in [5, 5.41) is 10.8. The van der Waals surface area contributed by atoms with Gasteiger partial charge in [0.15, 0.2) is 0 Å². The molecule has 2 aromatic carbocycles. The predicted molar refractivity (Wildman–Crippen MR) is 74.4 cm³/mol. The molecule has 2 aromatic rings. The second-order valence-electron chi connectivity index (χ2n) is 4.08. The lowest BCUT2D eigenvalue weighted by Crippen LogP contribution is -2.01. The van der Waals surface area contributed by atoms with Crippen LogP contribution in [0.2, 0.25) is 5.02 Å². The lowest BCUT2D eigenvalue weighted by molar-refractivity contribution is 0.219. The molecule has 0 aromatic heterocycles. The zero-order valence-electron chi connectivity index (χ0n) is 9.62. The average Bonchev–Trinajstić information content (AvgIpc) is 2.35. The summed E-state index contributed by atoms with van der Waals surface area (Å²) in [6.07, 6.45) is -0.909. The zero-order chi connectivity index (χ0) is 13.3. The van der Waals surface area contributed by atoms with Gasteiger partial charge in [-0.1, -0.05) is 39.7 Å². The molecule has 1 unspecified atom stereocenters. The molecule has 18 heavy (non-hydrogen) atoms. The molecule has 0 aliphatic rings. The van der Waals surface area contributed by atoms with E-state index in [1.54, 1.807) is 18.2 Å². The Balaban J connectivity index is 2.44. The summed E-state index contributed by atoms with van der Waals surface area (Å²) in [6, 6.07) is 9.52. The monoisotopic (exact) mass is 328 g/mol. The highest BCUT2D eigenvalue weighted by Crippen LogP contribution is 2.31. The maximum atomic E-state index is 13.2. The molecule has 0 saturated carbocycles. The fourth-order valence-corrected chi connectivity index (χ4v) is 2.34. The van der Waals surface area contributed by atoms with Gasteiger partial charge >= 0.3 is 0 Å². The quantitative estimate of drug-likeness (QED) is 0.851. The van der Waals surface area contributed by atoms with Crippen LogP contribution in [0.25, 0.3) is 0 Å². The highest BCUT2D eigenvalue weighted by molar-refractivity contribution is 9.10. The lowest BCUT2D eigenvalue weighted by atomic mass is 10.0. The fraction of sp³-hybridized carbons (Fsp3) is 0.143. The number of aliphatic hydroxyl groups is 1.